The number of esters is 1. The standard InChI is InChI=1S/C12H14O2.C7H8/c1-8-7-10(9-3-4-9)5-6-11(8)12(13)14-2;1-7-5-3-2-4-6-7/h5-7,9H,3-4H2,1-2H3;2-6H,1H3. The molecule has 2 aromatic carbocycles. The molecular weight excluding hydrogens is 260 g/mol. The Labute approximate surface area is 126 Å². The highest BCUT2D eigenvalue weighted by Crippen LogP contribution is 2.40. The lowest BCUT2D eigenvalue weighted by Gasteiger charge is -2.05. The molecule has 1 saturated carbocycles. The van der Waals surface area contributed by atoms with Crippen LogP contribution in [0.2, 0.25) is 0 Å². The molecule has 3 rings (SSSR count). The van der Waals surface area contributed by atoms with Crippen molar-refractivity contribution in [2.24, 2.45) is 0 Å². The van der Waals surface area contributed by atoms with Gasteiger partial charge in [-0.15, -0.1) is 0 Å². The molecule has 0 aliphatic heterocycles. The van der Waals surface area contributed by atoms with E-state index >= 15 is 0 Å². The Balaban J connectivity index is 0.000000194. The number of benzene rings is 2. The zero-order chi connectivity index (χ0) is 15.2. The normalized spacial score (nSPS) is 13.1. The summed E-state index contributed by atoms with van der Waals surface area (Å²) in [6.07, 6.45) is 2.58. The third-order valence-corrected chi connectivity index (χ3v) is 3.64. The third-order valence-electron chi connectivity index (χ3n) is 3.64. The van der Waals surface area contributed by atoms with Gasteiger partial charge in [0.15, 0.2) is 0 Å². The Hall–Kier alpha value is -2.09. The molecule has 1 fully saturated rings. The van der Waals surface area contributed by atoms with Crippen LogP contribution in [0.5, 0.6) is 0 Å². The molecule has 1 aliphatic carbocycles. The largest absolute Gasteiger partial charge is 0.465 e. The molecule has 0 heterocycles. The maximum absolute atomic E-state index is 11.3. The van der Waals surface area contributed by atoms with Crippen LogP contribution in [-0.4, -0.2) is 13.1 Å². The first-order valence-corrected chi connectivity index (χ1v) is 7.32. The first-order valence-electron chi connectivity index (χ1n) is 7.32. The fourth-order valence-corrected chi connectivity index (χ4v) is 2.23. The molecule has 0 spiro atoms. The zero-order valence-corrected chi connectivity index (χ0v) is 12.9. The van der Waals surface area contributed by atoms with Gasteiger partial charge in [0.2, 0.25) is 0 Å². The van der Waals surface area contributed by atoms with Gasteiger partial charge in [-0.05, 0) is 49.8 Å². The van der Waals surface area contributed by atoms with E-state index in [2.05, 4.69) is 25.1 Å². The van der Waals surface area contributed by atoms with Crippen LogP contribution in [0.25, 0.3) is 0 Å². The summed E-state index contributed by atoms with van der Waals surface area (Å²) in [7, 11) is 1.41. The SMILES string of the molecule is COC(=O)c1ccc(C2CC2)cc1C.Cc1ccccc1. The minimum absolute atomic E-state index is 0.246. The summed E-state index contributed by atoms with van der Waals surface area (Å²) in [4.78, 5) is 11.3. The Morgan fingerprint density at radius 2 is 1.71 bits per heavy atom. The van der Waals surface area contributed by atoms with E-state index in [1.54, 1.807) is 0 Å². The number of hydrogen-bond donors (Lipinski definition) is 0. The Morgan fingerprint density at radius 3 is 2.14 bits per heavy atom. The number of aryl methyl sites for hydroxylation is 2. The van der Waals surface area contributed by atoms with Gasteiger partial charge in [-0.3, -0.25) is 0 Å². The summed E-state index contributed by atoms with van der Waals surface area (Å²) in [5.41, 5.74) is 4.37. The molecule has 2 heteroatoms. The van der Waals surface area contributed by atoms with Crippen LogP contribution < -0.4 is 0 Å². The van der Waals surface area contributed by atoms with Gasteiger partial charge in [0.25, 0.3) is 0 Å². The number of ether oxygens (including phenoxy) is 1. The molecule has 0 atom stereocenters. The van der Waals surface area contributed by atoms with E-state index < -0.39 is 0 Å². The van der Waals surface area contributed by atoms with Crippen LogP contribution in [0.4, 0.5) is 0 Å². The first-order chi connectivity index (χ1) is 10.1. The minimum Gasteiger partial charge on any atom is -0.465 e. The predicted octanol–water partition coefficient (Wildman–Crippen LogP) is 4.65. The maximum atomic E-state index is 11.3. The van der Waals surface area contributed by atoms with Crippen LogP contribution in [-0.2, 0) is 4.74 Å². The van der Waals surface area contributed by atoms with E-state index in [-0.39, 0.29) is 5.97 Å². The minimum atomic E-state index is -0.246. The lowest BCUT2D eigenvalue weighted by atomic mass is 10.0. The summed E-state index contributed by atoms with van der Waals surface area (Å²) in [6, 6.07) is 16.3. The molecular formula is C19H22O2. The third kappa shape index (κ3) is 4.45. The van der Waals surface area contributed by atoms with Gasteiger partial charge < -0.3 is 4.74 Å². The molecule has 0 unspecified atom stereocenters. The molecule has 0 aromatic heterocycles. The lowest BCUT2D eigenvalue weighted by molar-refractivity contribution is 0.0600. The van der Waals surface area contributed by atoms with Gasteiger partial charge in [-0.1, -0.05) is 48.0 Å². The second kappa shape index (κ2) is 7.07. The zero-order valence-electron chi connectivity index (χ0n) is 12.9. The van der Waals surface area contributed by atoms with Gasteiger partial charge in [-0.25, -0.2) is 4.79 Å². The van der Waals surface area contributed by atoms with E-state index in [0.717, 1.165) is 11.5 Å². The van der Waals surface area contributed by atoms with Crippen LogP contribution >= 0.6 is 0 Å². The molecule has 0 amide bonds. The van der Waals surface area contributed by atoms with Crippen LogP contribution in [0.3, 0.4) is 0 Å². The van der Waals surface area contributed by atoms with Gasteiger partial charge in [0.05, 0.1) is 12.7 Å². The summed E-state index contributed by atoms with van der Waals surface area (Å²) in [6.45, 7) is 4.04. The molecule has 110 valence electrons. The second-order valence-corrected chi connectivity index (χ2v) is 5.49. The lowest BCUT2D eigenvalue weighted by Crippen LogP contribution is -2.03. The quantitative estimate of drug-likeness (QED) is 0.749. The van der Waals surface area contributed by atoms with E-state index in [9.17, 15) is 4.79 Å². The van der Waals surface area contributed by atoms with Gasteiger partial charge in [0.1, 0.15) is 0 Å². The number of hydrogen-bond acceptors (Lipinski definition) is 2. The molecule has 2 aromatic rings. The van der Waals surface area contributed by atoms with E-state index in [1.807, 2.05) is 37.3 Å². The number of methoxy groups -OCH3 is 1. The highest BCUT2D eigenvalue weighted by molar-refractivity contribution is 5.91. The molecule has 0 saturated heterocycles. The van der Waals surface area contributed by atoms with Crippen LogP contribution in [0.1, 0.15) is 45.8 Å². The summed E-state index contributed by atoms with van der Waals surface area (Å²) in [5, 5.41) is 0. The van der Waals surface area contributed by atoms with Crippen molar-refractivity contribution >= 4 is 5.97 Å². The predicted molar refractivity (Wildman–Crippen MR) is 85.7 cm³/mol. The Morgan fingerprint density at radius 1 is 1.05 bits per heavy atom. The fourth-order valence-electron chi connectivity index (χ4n) is 2.23. The smallest absolute Gasteiger partial charge is 0.338 e. The van der Waals surface area contributed by atoms with E-state index in [0.29, 0.717) is 5.56 Å². The Bertz CT molecular complexity index is 598. The first kappa shape index (κ1) is 15.3. The van der Waals surface area contributed by atoms with Gasteiger partial charge in [-0.2, -0.15) is 0 Å². The van der Waals surface area contributed by atoms with Crippen molar-refractivity contribution in [3.63, 3.8) is 0 Å². The van der Waals surface area contributed by atoms with Crippen LogP contribution in [0.15, 0.2) is 48.5 Å². The number of carbonyl (C=O) groups is 1. The molecule has 0 bridgehead atoms. The second-order valence-electron chi connectivity index (χ2n) is 5.49. The number of rotatable bonds is 2. The van der Waals surface area contributed by atoms with Gasteiger partial charge >= 0.3 is 5.97 Å². The van der Waals surface area contributed by atoms with Gasteiger partial charge in [0, 0.05) is 0 Å². The van der Waals surface area contributed by atoms with Crippen molar-refractivity contribution in [2.45, 2.75) is 32.6 Å². The monoisotopic (exact) mass is 282 g/mol. The van der Waals surface area contributed by atoms with Crippen molar-refractivity contribution in [1.29, 1.82) is 0 Å². The fraction of sp³-hybridized carbons (Fsp3) is 0.316. The molecule has 0 N–H and O–H groups in total. The van der Waals surface area contributed by atoms with E-state index in [1.165, 1.54) is 31.1 Å². The van der Waals surface area contributed by atoms with Crippen molar-refractivity contribution in [2.75, 3.05) is 7.11 Å². The summed E-state index contributed by atoms with van der Waals surface area (Å²) < 4.78 is 4.69. The Kier molecular flexibility index (Phi) is 5.15. The molecule has 0 radical (unpaired) electrons. The highest BCUT2D eigenvalue weighted by atomic mass is 16.5. The number of carbonyl (C=O) groups excluding carboxylic acids is 1. The molecule has 2 nitrogen and oxygen atoms in total. The average Bonchev–Trinajstić information content (AvgIpc) is 3.32. The average molecular weight is 282 g/mol. The van der Waals surface area contributed by atoms with Crippen molar-refractivity contribution in [3.05, 3.63) is 70.8 Å². The highest BCUT2D eigenvalue weighted by Gasteiger charge is 2.24. The summed E-state index contributed by atoms with van der Waals surface area (Å²) in [5.74, 6) is 0.491. The molecule has 21 heavy (non-hydrogen) atoms. The van der Waals surface area contributed by atoms with Crippen LogP contribution in [0, 0.1) is 13.8 Å². The van der Waals surface area contributed by atoms with Crippen molar-refractivity contribution in [3.8, 4) is 0 Å². The van der Waals surface area contributed by atoms with Crippen molar-refractivity contribution in [1.82, 2.24) is 0 Å². The summed E-state index contributed by atoms with van der Waals surface area (Å²) >= 11 is 0. The topological polar surface area (TPSA) is 26.3 Å². The van der Waals surface area contributed by atoms with Crippen molar-refractivity contribution < 1.29 is 9.53 Å². The maximum Gasteiger partial charge on any atom is 0.338 e. The van der Waals surface area contributed by atoms with E-state index in [4.69, 9.17) is 4.74 Å². The molecule has 1 aliphatic rings.